The van der Waals surface area contributed by atoms with Gasteiger partial charge in [0.25, 0.3) is 0 Å². The number of rotatable bonds is 4. The molecule has 2 aromatic rings. The maximum atomic E-state index is 12.0. The average molecular weight is 268 g/mol. The highest BCUT2D eigenvalue weighted by atomic mass is 16.2. The normalized spacial score (nSPS) is 16.1. The minimum absolute atomic E-state index is 0.101. The van der Waals surface area contributed by atoms with Gasteiger partial charge in [-0.15, -0.1) is 0 Å². The summed E-state index contributed by atoms with van der Waals surface area (Å²) in [5, 5.41) is 5.46. The van der Waals surface area contributed by atoms with E-state index < -0.39 is 0 Å². The van der Waals surface area contributed by atoms with Gasteiger partial charge in [0, 0.05) is 13.1 Å². The van der Waals surface area contributed by atoms with Crippen LogP contribution >= 0.6 is 0 Å². The highest BCUT2D eigenvalue weighted by molar-refractivity contribution is 5.86. The third-order valence-electron chi connectivity index (χ3n) is 4.24. The Kier molecular flexibility index (Phi) is 3.22. The summed E-state index contributed by atoms with van der Waals surface area (Å²) in [6, 6.07) is 12.7. The molecule has 3 nitrogen and oxygen atoms in total. The van der Waals surface area contributed by atoms with Crippen molar-refractivity contribution in [1.29, 1.82) is 0 Å². The van der Waals surface area contributed by atoms with Crippen LogP contribution in [0.1, 0.15) is 24.0 Å². The fraction of sp³-hybridized carbons (Fsp3) is 0.353. The second-order valence-corrected chi connectivity index (χ2v) is 5.85. The van der Waals surface area contributed by atoms with E-state index in [0.717, 1.165) is 18.4 Å². The Bertz CT molecular complexity index is 659. The summed E-state index contributed by atoms with van der Waals surface area (Å²) in [5.74, 6) is 0.101. The molecule has 3 rings (SSSR count). The summed E-state index contributed by atoms with van der Waals surface area (Å²) < 4.78 is 0. The van der Waals surface area contributed by atoms with Crippen LogP contribution in [0.15, 0.2) is 36.4 Å². The zero-order valence-corrected chi connectivity index (χ0v) is 11.8. The summed E-state index contributed by atoms with van der Waals surface area (Å²) in [4.78, 5) is 12.0. The van der Waals surface area contributed by atoms with E-state index in [1.807, 2.05) is 0 Å². The molecule has 0 radical (unpaired) electrons. The summed E-state index contributed by atoms with van der Waals surface area (Å²) in [7, 11) is 0. The molecule has 1 aliphatic rings. The molecule has 0 aromatic heterocycles. The van der Waals surface area contributed by atoms with E-state index in [2.05, 4.69) is 48.6 Å². The van der Waals surface area contributed by atoms with Crippen molar-refractivity contribution >= 4 is 16.7 Å². The number of nitrogens with two attached hydrogens (primary N) is 1. The molecular formula is C17H20N2O. The number of amides is 1. The van der Waals surface area contributed by atoms with E-state index >= 15 is 0 Å². The first-order valence-corrected chi connectivity index (χ1v) is 7.11. The van der Waals surface area contributed by atoms with Gasteiger partial charge in [0.05, 0.1) is 5.41 Å². The number of aryl methyl sites for hydroxylation is 1. The van der Waals surface area contributed by atoms with Gasteiger partial charge in [0.15, 0.2) is 0 Å². The van der Waals surface area contributed by atoms with Gasteiger partial charge in [-0.3, -0.25) is 4.79 Å². The van der Waals surface area contributed by atoms with Crippen LogP contribution in [-0.2, 0) is 11.3 Å². The SMILES string of the molecule is Cc1ccc2cc(CNC(=O)C3(CN)CC3)ccc2c1. The number of carbonyl (C=O) groups excluding carboxylic acids is 1. The van der Waals surface area contributed by atoms with E-state index in [1.54, 1.807) is 0 Å². The molecule has 1 saturated carbocycles. The van der Waals surface area contributed by atoms with Crippen molar-refractivity contribution in [3.05, 3.63) is 47.5 Å². The molecule has 20 heavy (non-hydrogen) atoms. The van der Waals surface area contributed by atoms with Crippen molar-refractivity contribution < 1.29 is 4.79 Å². The summed E-state index contributed by atoms with van der Waals surface area (Å²) in [5.41, 5.74) is 7.79. The molecule has 0 unspecified atom stereocenters. The van der Waals surface area contributed by atoms with Gasteiger partial charge in [-0.1, -0.05) is 35.9 Å². The molecule has 3 heteroatoms. The number of carbonyl (C=O) groups is 1. The first kappa shape index (κ1) is 13.1. The molecule has 104 valence electrons. The smallest absolute Gasteiger partial charge is 0.227 e. The lowest BCUT2D eigenvalue weighted by atomic mass is 10.0. The minimum Gasteiger partial charge on any atom is -0.352 e. The van der Waals surface area contributed by atoms with E-state index in [4.69, 9.17) is 5.73 Å². The topological polar surface area (TPSA) is 55.1 Å². The molecular weight excluding hydrogens is 248 g/mol. The highest BCUT2D eigenvalue weighted by Gasteiger charge is 2.48. The average Bonchev–Trinajstić information content (AvgIpc) is 3.26. The zero-order chi connectivity index (χ0) is 14.2. The summed E-state index contributed by atoms with van der Waals surface area (Å²) >= 11 is 0. The lowest BCUT2D eigenvalue weighted by molar-refractivity contribution is -0.126. The van der Waals surface area contributed by atoms with Crippen LogP contribution in [0.25, 0.3) is 10.8 Å². The fourth-order valence-electron chi connectivity index (χ4n) is 2.57. The second-order valence-electron chi connectivity index (χ2n) is 5.85. The highest BCUT2D eigenvalue weighted by Crippen LogP contribution is 2.44. The Morgan fingerprint density at radius 1 is 1.20 bits per heavy atom. The number of fused-ring (bicyclic) bond motifs is 1. The molecule has 1 amide bonds. The molecule has 2 aromatic carbocycles. The number of hydrogen-bond acceptors (Lipinski definition) is 2. The van der Waals surface area contributed by atoms with E-state index in [9.17, 15) is 4.79 Å². The molecule has 0 bridgehead atoms. The molecule has 0 heterocycles. The van der Waals surface area contributed by atoms with Gasteiger partial charge in [0.2, 0.25) is 5.91 Å². The van der Waals surface area contributed by atoms with Gasteiger partial charge in [-0.25, -0.2) is 0 Å². The molecule has 0 atom stereocenters. The lowest BCUT2D eigenvalue weighted by Gasteiger charge is -2.13. The molecule has 0 saturated heterocycles. The molecule has 3 N–H and O–H groups in total. The van der Waals surface area contributed by atoms with Gasteiger partial charge in [0.1, 0.15) is 0 Å². The van der Waals surface area contributed by atoms with Crippen LogP contribution in [0.3, 0.4) is 0 Å². The quantitative estimate of drug-likeness (QED) is 0.895. The third-order valence-corrected chi connectivity index (χ3v) is 4.24. The minimum atomic E-state index is -0.270. The van der Waals surface area contributed by atoms with Crippen molar-refractivity contribution in [2.45, 2.75) is 26.3 Å². The standard InChI is InChI=1S/C17H20N2O/c1-12-2-4-15-9-13(3-5-14(15)8-12)10-19-16(20)17(11-18)6-7-17/h2-5,8-9H,6-7,10-11,18H2,1H3,(H,19,20). The fourth-order valence-corrected chi connectivity index (χ4v) is 2.57. The Morgan fingerprint density at radius 2 is 1.90 bits per heavy atom. The monoisotopic (exact) mass is 268 g/mol. The third kappa shape index (κ3) is 2.41. The maximum absolute atomic E-state index is 12.0. The Morgan fingerprint density at radius 3 is 2.60 bits per heavy atom. The van der Waals surface area contributed by atoms with Crippen molar-refractivity contribution in [2.75, 3.05) is 6.54 Å². The molecule has 1 fully saturated rings. The van der Waals surface area contributed by atoms with E-state index in [-0.39, 0.29) is 11.3 Å². The Labute approximate surface area is 119 Å². The van der Waals surface area contributed by atoms with Gasteiger partial charge in [-0.2, -0.15) is 0 Å². The Hall–Kier alpha value is -1.87. The molecule has 1 aliphatic carbocycles. The largest absolute Gasteiger partial charge is 0.352 e. The first-order chi connectivity index (χ1) is 9.63. The van der Waals surface area contributed by atoms with Crippen molar-refractivity contribution in [3.8, 4) is 0 Å². The van der Waals surface area contributed by atoms with Crippen LogP contribution in [-0.4, -0.2) is 12.5 Å². The molecule has 0 spiro atoms. The van der Waals surface area contributed by atoms with E-state index in [0.29, 0.717) is 13.1 Å². The zero-order valence-electron chi connectivity index (χ0n) is 11.8. The Balaban J connectivity index is 1.72. The maximum Gasteiger partial charge on any atom is 0.227 e. The van der Waals surface area contributed by atoms with Crippen molar-refractivity contribution in [1.82, 2.24) is 5.32 Å². The van der Waals surface area contributed by atoms with Crippen LogP contribution < -0.4 is 11.1 Å². The van der Waals surface area contributed by atoms with Crippen molar-refractivity contribution in [2.24, 2.45) is 11.1 Å². The first-order valence-electron chi connectivity index (χ1n) is 7.11. The number of benzene rings is 2. The van der Waals surface area contributed by atoms with E-state index in [1.165, 1.54) is 16.3 Å². The van der Waals surface area contributed by atoms with Crippen LogP contribution in [0.2, 0.25) is 0 Å². The van der Waals surface area contributed by atoms with Crippen LogP contribution in [0, 0.1) is 12.3 Å². The van der Waals surface area contributed by atoms with Crippen molar-refractivity contribution in [3.63, 3.8) is 0 Å². The van der Waals surface area contributed by atoms with Crippen LogP contribution in [0.4, 0.5) is 0 Å². The van der Waals surface area contributed by atoms with Gasteiger partial charge in [-0.05, 0) is 42.2 Å². The number of hydrogen-bond donors (Lipinski definition) is 2. The van der Waals surface area contributed by atoms with Gasteiger partial charge < -0.3 is 11.1 Å². The predicted octanol–water partition coefficient (Wildman–Crippen LogP) is 2.50. The second kappa shape index (κ2) is 4.91. The summed E-state index contributed by atoms with van der Waals surface area (Å²) in [6.07, 6.45) is 1.85. The summed E-state index contributed by atoms with van der Waals surface area (Å²) in [6.45, 7) is 3.12. The van der Waals surface area contributed by atoms with Crippen LogP contribution in [0.5, 0.6) is 0 Å². The van der Waals surface area contributed by atoms with Gasteiger partial charge >= 0.3 is 0 Å². The lowest BCUT2D eigenvalue weighted by Crippen LogP contribution is -2.36. The number of nitrogens with one attached hydrogen (secondary N) is 1. The molecule has 0 aliphatic heterocycles. The predicted molar refractivity (Wildman–Crippen MR) is 81.3 cm³/mol.